The number of rotatable bonds is 2. The molecule has 0 amide bonds. The highest BCUT2D eigenvalue weighted by Crippen LogP contribution is 2.51. The van der Waals surface area contributed by atoms with E-state index >= 15 is 0 Å². The van der Waals surface area contributed by atoms with Crippen LogP contribution < -0.4 is 16.2 Å². The number of hydrogen-bond acceptors (Lipinski definition) is 4. The van der Waals surface area contributed by atoms with Gasteiger partial charge in [-0.2, -0.15) is 0 Å². The van der Waals surface area contributed by atoms with Crippen molar-refractivity contribution in [3.63, 3.8) is 0 Å². The maximum Gasteiger partial charge on any atom is 0.260 e. The molecule has 1 fully saturated rings. The van der Waals surface area contributed by atoms with Gasteiger partial charge in [-0.3, -0.25) is 9.36 Å². The van der Waals surface area contributed by atoms with E-state index < -0.39 is 0 Å². The number of para-hydroxylation sites is 1. The van der Waals surface area contributed by atoms with Gasteiger partial charge >= 0.3 is 0 Å². The molecule has 1 spiro atoms. The quantitative estimate of drug-likeness (QED) is 0.543. The van der Waals surface area contributed by atoms with Gasteiger partial charge in [-0.15, -0.1) is 6.42 Å². The fourth-order valence-electron chi connectivity index (χ4n) is 5.34. The zero-order valence-electron chi connectivity index (χ0n) is 18.3. The molecule has 0 unspecified atom stereocenters. The van der Waals surface area contributed by atoms with Crippen molar-refractivity contribution in [1.29, 1.82) is 0 Å². The summed E-state index contributed by atoms with van der Waals surface area (Å²) in [4.78, 5) is 20.0. The molecule has 2 aromatic carbocycles. The van der Waals surface area contributed by atoms with Crippen LogP contribution in [0.3, 0.4) is 0 Å². The van der Waals surface area contributed by atoms with Crippen molar-refractivity contribution >= 4 is 29.0 Å². The van der Waals surface area contributed by atoms with Gasteiger partial charge in [0.1, 0.15) is 11.6 Å². The largest absolute Gasteiger partial charge is 0.356 e. The summed E-state index contributed by atoms with van der Waals surface area (Å²) < 4.78 is 1.46. The van der Waals surface area contributed by atoms with Crippen molar-refractivity contribution in [1.82, 2.24) is 9.55 Å². The number of aromatic nitrogens is 2. The van der Waals surface area contributed by atoms with Crippen LogP contribution in [0.2, 0.25) is 10.0 Å². The third-order valence-electron chi connectivity index (χ3n) is 7.17. The average molecular weight is 479 g/mol. The predicted octanol–water partition coefficient (Wildman–Crippen LogP) is 4.67. The molecule has 2 N–H and O–H groups in total. The number of fused-ring (bicyclic) bond motifs is 1. The Hall–Kier alpha value is -2.78. The third kappa shape index (κ3) is 3.63. The van der Waals surface area contributed by atoms with E-state index in [9.17, 15) is 4.79 Å². The number of benzene rings is 2. The van der Waals surface area contributed by atoms with E-state index in [2.05, 4.69) is 23.0 Å². The number of hydrogen-bond donors (Lipinski definition) is 1. The van der Waals surface area contributed by atoms with E-state index in [-0.39, 0.29) is 17.0 Å². The van der Waals surface area contributed by atoms with Crippen LogP contribution >= 0.6 is 23.2 Å². The Morgan fingerprint density at radius 2 is 1.85 bits per heavy atom. The predicted molar refractivity (Wildman–Crippen MR) is 133 cm³/mol. The summed E-state index contributed by atoms with van der Waals surface area (Å²) in [5.41, 5.74) is 10.3. The van der Waals surface area contributed by atoms with Gasteiger partial charge in [0.15, 0.2) is 0 Å². The number of aryl methyl sites for hydroxylation is 1. The molecule has 5 rings (SSSR count). The Balaban J connectivity index is 1.39. The first-order chi connectivity index (χ1) is 15.8. The van der Waals surface area contributed by atoms with Crippen LogP contribution in [0.15, 0.2) is 47.3 Å². The summed E-state index contributed by atoms with van der Waals surface area (Å²) in [6.07, 6.45) is 8.39. The smallest absolute Gasteiger partial charge is 0.260 e. The van der Waals surface area contributed by atoms with Gasteiger partial charge in [-0.1, -0.05) is 41.3 Å². The fourth-order valence-corrected chi connectivity index (χ4v) is 5.91. The van der Waals surface area contributed by atoms with Crippen molar-refractivity contribution in [3.8, 4) is 18.0 Å². The van der Waals surface area contributed by atoms with E-state index in [4.69, 9.17) is 40.3 Å². The monoisotopic (exact) mass is 478 g/mol. The van der Waals surface area contributed by atoms with E-state index in [1.54, 1.807) is 31.2 Å². The van der Waals surface area contributed by atoms with Gasteiger partial charge in [0.05, 0.1) is 15.7 Å². The minimum absolute atomic E-state index is 0.0151. The zero-order chi connectivity index (χ0) is 23.3. The number of terminal acetylenes is 1. The van der Waals surface area contributed by atoms with E-state index in [0.29, 0.717) is 27.4 Å². The molecule has 1 saturated heterocycles. The average Bonchev–Trinajstić information content (AvgIpc) is 3.06. The molecule has 1 aromatic heterocycles. The van der Waals surface area contributed by atoms with Crippen LogP contribution in [-0.2, 0) is 6.42 Å². The highest BCUT2D eigenvalue weighted by Gasteiger charge is 2.46. The Bertz CT molecular complexity index is 1330. The lowest BCUT2D eigenvalue weighted by atomic mass is 9.73. The van der Waals surface area contributed by atoms with Crippen LogP contribution in [0, 0.1) is 24.7 Å². The van der Waals surface area contributed by atoms with Gasteiger partial charge in [0, 0.05) is 30.8 Å². The topological polar surface area (TPSA) is 64.2 Å². The van der Waals surface area contributed by atoms with Crippen molar-refractivity contribution in [2.75, 3.05) is 18.0 Å². The molecular weight excluding hydrogens is 455 g/mol. The summed E-state index contributed by atoms with van der Waals surface area (Å²) >= 11 is 12.7. The van der Waals surface area contributed by atoms with Gasteiger partial charge in [0.25, 0.3) is 5.56 Å². The Morgan fingerprint density at radius 3 is 2.48 bits per heavy atom. The normalized spacial score (nSPS) is 18.9. The Morgan fingerprint density at radius 1 is 1.15 bits per heavy atom. The van der Waals surface area contributed by atoms with Crippen molar-refractivity contribution in [3.05, 3.63) is 85.4 Å². The molecular formula is C26H24Cl2N4O. The highest BCUT2D eigenvalue weighted by atomic mass is 35.5. The molecule has 2 heterocycles. The summed E-state index contributed by atoms with van der Waals surface area (Å²) in [6, 6.07) is 12.9. The molecule has 2 aliphatic rings. The number of nitrogens with two attached hydrogens (primary N) is 1. The summed E-state index contributed by atoms with van der Waals surface area (Å²) in [7, 11) is 0. The van der Waals surface area contributed by atoms with Gasteiger partial charge in [0.2, 0.25) is 0 Å². The lowest BCUT2D eigenvalue weighted by Crippen LogP contribution is -2.45. The van der Waals surface area contributed by atoms with Gasteiger partial charge in [-0.25, -0.2) is 4.98 Å². The molecule has 1 aliphatic heterocycles. The van der Waals surface area contributed by atoms with Crippen LogP contribution in [0.25, 0.3) is 5.69 Å². The molecule has 168 valence electrons. The zero-order valence-corrected chi connectivity index (χ0v) is 19.8. The third-order valence-corrected chi connectivity index (χ3v) is 7.78. The second kappa shape index (κ2) is 8.22. The van der Waals surface area contributed by atoms with Gasteiger partial charge < -0.3 is 10.6 Å². The van der Waals surface area contributed by atoms with Crippen LogP contribution in [-0.4, -0.2) is 22.6 Å². The summed E-state index contributed by atoms with van der Waals surface area (Å²) in [5.74, 6) is 3.92. The first-order valence-corrected chi connectivity index (χ1v) is 11.7. The standard InChI is InChI=1S/C26H24Cl2N4O/c1-3-17-7-8-18-15-26(25(29)19(18)13-17)9-11-31(12-10-26)22-14-23(33)32(16(2)30-22)24-20(27)5-4-6-21(24)28/h1,4-8,13-14,25H,9-12,15,29H2,2H3/t25-/m1/s1. The lowest BCUT2D eigenvalue weighted by Gasteiger charge is -2.42. The number of nitrogens with zero attached hydrogens (tertiary/aromatic N) is 3. The molecule has 33 heavy (non-hydrogen) atoms. The second-order valence-electron chi connectivity index (χ2n) is 8.97. The number of anilines is 1. The molecule has 5 nitrogen and oxygen atoms in total. The molecule has 0 saturated carbocycles. The van der Waals surface area contributed by atoms with Crippen molar-refractivity contribution < 1.29 is 0 Å². The minimum atomic E-state index is -0.209. The molecule has 0 radical (unpaired) electrons. The fraction of sp³-hybridized carbons (Fsp3) is 0.308. The first kappa shape index (κ1) is 22.0. The first-order valence-electron chi connectivity index (χ1n) is 11.0. The Labute approximate surface area is 203 Å². The Kier molecular flexibility index (Phi) is 5.49. The van der Waals surface area contributed by atoms with Crippen molar-refractivity contribution in [2.45, 2.75) is 32.2 Å². The van der Waals surface area contributed by atoms with Crippen LogP contribution in [0.1, 0.15) is 41.4 Å². The summed E-state index contributed by atoms with van der Waals surface area (Å²) in [6.45, 7) is 3.36. The van der Waals surface area contributed by atoms with E-state index in [0.717, 1.165) is 37.9 Å². The number of halogens is 2. The molecule has 3 aromatic rings. The van der Waals surface area contributed by atoms with Gasteiger partial charge in [-0.05, 0) is 67.0 Å². The van der Waals surface area contributed by atoms with E-state index in [1.165, 1.54) is 15.7 Å². The van der Waals surface area contributed by atoms with Crippen LogP contribution in [0.4, 0.5) is 5.82 Å². The second-order valence-corrected chi connectivity index (χ2v) is 9.78. The minimum Gasteiger partial charge on any atom is -0.356 e. The molecule has 1 aliphatic carbocycles. The van der Waals surface area contributed by atoms with Crippen molar-refractivity contribution in [2.24, 2.45) is 11.1 Å². The number of piperidine rings is 1. The van der Waals surface area contributed by atoms with E-state index in [1.807, 2.05) is 6.07 Å². The van der Waals surface area contributed by atoms with Crippen LogP contribution in [0.5, 0.6) is 0 Å². The maximum absolute atomic E-state index is 13.1. The maximum atomic E-state index is 13.1. The lowest BCUT2D eigenvalue weighted by molar-refractivity contribution is 0.187. The summed E-state index contributed by atoms with van der Waals surface area (Å²) in [5, 5.41) is 0.815. The molecule has 1 atom stereocenters. The molecule has 0 bridgehead atoms. The molecule has 7 heteroatoms. The highest BCUT2D eigenvalue weighted by molar-refractivity contribution is 6.37. The SMILES string of the molecule is C#Cc1ccc2c(c1)[C@@H](N)C1(CCN(c3cc(=O)n(-c4c(Cl)cccc4Cl)c(C)n3)CC1)C2.